The zero-order valence-corrected chi connectivity index (χ0v) is 66.9. The van der Waals surface area contributed by atoms with Crippen LogP contribution < -0.4 is 31.9 Å². The number of Topliss-reactive ketones (excluding diaryl/α,β-unsaturated/α-hetero) is 1. The van der Waals surface area contributed by atoms with E-state index in [1.165, 1.54) is 6.92 Å². The number of nitrogens with zero attached hydrogens (tertiary/aromatic N) is 6. The lowest BCUT2D eigenvalue weighted by atomic mass is 10.0. The first-order valence-electron chi connectivity index (χ1n) is 40.0. The van der Waals surface area contributed by atoms with Gasteiger partial charge in [-0.05, 0) is 215 Å². The summed E-state index contributed by atoms with van der Waals surface area (Å²) in [6.07, 6.45) is 20.5. The molecule has 6 aromatic carbocycles. The highest BCUT2D eigenvalue weighted by Gasteiger charge is 2.21. The normalized spacial score (nSPS) is 12.3. The van der Waals surface area contributed by atoms with Crippen LogP contribution in [0.2, 0.25) is 0 Å². The molecule has 0 aliphatic carbocycles. The summed E-state index contributed by atoms with van der Waals surface area (Å²) >= 11 is 0. The van der Waals surface area contributed by atoms with Crippen LogP contribution in [-0.2, 0) is 23.7 Å². The lowest BCUT2D eigenvalue weighted by Crippen LogP contribution is -2.17. The van der Waals surface area contributed by atoms with Crippen LogP contribution in [0.5, 0.6) is 0 Å². The van der Waals surface area contributed by atoms with Crippen molar-refractivity contribution in [2.75, 3.05) is 58.3 Å². The summed E-state index contributed by atoms with van der Waals surface area (Å²) in [5, 5.41) is 19.2. The van der Waals surface area contributed by atoms with E-state index in [-0.39, 0.29) is 77.4 Å². The van der Waals surface area contributed by atoms with Crippen LogP contribution in [-0.4, -0.2) is 98.1 Å². The van der Waals surface area contributed by atoms with Crippen LogP contribution in [0, 0.1) is 23.7 Å². The number of nitrogens with one attached hydrogen (secondary N) is 6. The summed E-state index contributed by atoms with van der Waals surface area (Å²) in [5.74, 6) is 1.03. The number of unbranched alkanes of at least 4 members (excludes halogenated alkanes) is 5. The van der Waals surface area contributed by atoms with E-state index in [0.29, 0.717) is 118 Å². The Morgan fingerprint density at radius 2 is 0.468 bits per heavy atom. The maximum Gasteiger partial charge on any atom is 0.338 e. The standard InChI is InChI=1S/C48H66N6O6.C40H50N6O5/c1-7-13-16-34(10-4)31-58-43(55)37-19-25-40(26-20-37)49-46-52-47(50-41-27-21-38(22-28-41)44(56)59-32-35(11-5)17-14-8-2)54-48(53-46)51-42-29-23-39(24-30-42)45(57)60-33-36(12-6)18-15-9-3;1-6-10-12-28(8-3)26-50-36(48)30-16-22-33(23-17-30)42-39-44-38(41-32-20-14-29(15-21-32)27(5)47)45-40(46-39)43-34-24-18-31(19-25-34)37(49)51-35(9-4)13-11-7-2/h19-30,34-36H,7-18,31-33H2,1-6H3,(H3,49,50,51,52,53,54);14-25,28,35H,6-13,26H2,1-5H3,(H3,41,42,43,44,45,46). The number of aromatic nitrogens is 6. The predicted molar refractivity (Wildman–Crippen MR) is 441 cm³/mol. The van der Waals surface area contributed by atoms with Gasteiger partial charge in [-0.25, -0.2) is 24.0 Å². The number of benzene rings is 6. The molecule has 0 aliphatic heterocycles. The third-order valence-corrected chi connectivity index (χ3v) is 19.3. The first kappa shape index (κ1) is 87.4. The Labute approximate surface area is 656 Å². The van der Waals surface area contributed by atoms with Gasteiger partial charge in [-0.2, -0.15) is 29.9 Å². The summed E-state index contributed by atoms with van der Waals surface area (Å²) in [6.45, 7) is 24.4. The van der Waals surface area contributed by atoms with Gasteiger partial charge >= 0.3 is 29.8 Å². The van der Waals surface area contributed by atoms with Gasteiger partial charge in [0.2, 0.25) is 35.7 Å². The monoisotopic (exact) mass is 1520 g/mol. The van der Waals surface area contributed by atoms with Crippen molar-refractivity contribution in [3.8, 4) is 0 Å². The largest absolute Gasteiger partial charge is 0.462 e. The van der Waals surface area contributed by atoms with Crippen molar-refractivity contribution in [3.63, 3.8) is 0 Å². The van der Waals surface area contributed by atoms with Gasteiger partial charge < -0.3 is 55.6 Å². The van der Waals surface area contributed by atoms with E-state index < -0.39 is 0 Å². The molecule has 2 heterocycles. The minimum absolute atomic E-state index is 0.0305. The fourth-order valence-electron chi connectivity index (χ4n) is 11.8. The molecule has 0 radical (unpaired) electrons. The molecule has 8 rings (SSSR count). The number of anilines is 12. The van der Waals surface area contributed by atoms with E-state index in [1.54, 1.807) is 146 Å². The molecule has 0 amide bonds. The van der Waals surface area contributed by atoms with Crippen LogP contribution in [0.25, 0.3) is 0 Å². The van der Waals surface area contributed by atoms with Gasteiger partial charge in [0.15, 0.2) is 5.78 Å². The Hall–Kier alpha value is -10.8. The summed E-state index contributed by atoms with van der Waals surface area (Å²) in [6, 6.07) is 41.7. The Bertz CT molecular complexity index is 3900. The Morgan fingerprint density at radius 3 is 0.658 bits per heavy atom. The number of hydrogen-bond acceptors (Lipinski definition) is 23. The van der Waals surface area contributed by atoms with Gasteiger partial charge in [-0.3, -0.25) is 4.79 Å². The smallest absolute Gasteiger partial charge is 0.338 e. The van der Waals surface area contributed by atoms with Crippen molar-refractivity contribution < 1.29 is 52.5 Å². The molecule has 5 atom stereocenters. The number of ether oxygens (including phenoxy) is 5. The highest BCUT2D eigenvalue weighted by Crippen LogP contribution is 2.28. The van der Waals surface area contributed by atoms with E-state index in [4.69, 9.17) is 23.7 Å². The van der Waals surface area contributed by atoms with Crippen molar-refractivity contribution in [2.45, 2.75) is 211 Å². The zero-order valence-electron chi connectivity index (χ0n) is 66.9. The van der Waals surface area contributed by atoms with Crippen molar-refractivity contribution in [1.29, 1.82) is 0 Å². The van der Waals surface area contributed by atoms with Crippen LogP contribution >= 0.6 is 0 Å². The lowest BCUT2D eigenvalue weighted by Gasteiger charge is -2.16. The fourth-order valence-corrected chi connectivity index (χ4v) is 11.8. The van der Waals surface area contributed by atoms with E-state index in [0.717, 1.165) is 128 Å². The number of carbonyl (C=O) groups excluding carboxylic acids is 6. The second-order valence-corrected chi connectivity index (χ2v) is 28.0. The quantitative estimate of drug-likeness (QED) is 0.0117. The van der Waals surface area contributed by atoms with Crippen LogP contribution in [0.4, 0.5) is 69.8 Å². The Morgan fingerprint density at radius 1 is 0.270 bits per heavy atom. The molecule has 594 valence electrons. The maximum atomic E-state index is 12.8. The minimum atomic E-state index is -0.359. The second kappa shape index (κ2) is 47.9. The fraction of sp³-hybridized carbons (Fsp3) is 0.455. The third-order valence-electron chi connectivity index (χ3n) is 19.3. The number of ketones is 1. The highest BCUT2D eigenvalue weighted by atomic mass is 16.6. The first-order valence-corrected chi connectivity index (χ1v) is 40.0. The summed E-state index contributed by atoms with van der Waals surface area (Å²) < 4.78 is 28.2. The molecule has 0 fully saturated rings. The molecule has 23 heteroatoms. The molecule has 6 N–H and O–H groups in total. The molecule has 23 nitrogen and oxygen atoms in total. The SMILES string of the molecule is CCCCC(CC)COC(=O)c1ccc(Nc2nc(Nc3ccc(C(=O)OCC(CC)CCCC)cc3)nc(Nc3ccc(C(=O)OCC(CC)CCCC)cc3)n2)cc1.CCCCC(CC)COC(=O)c1ccc(Nc2nc(Nc3ccc(C(C)=O)cc3)nc(Nc3ccc(C(=O)OC(CC)CCCC)cc3)n2)cc1. The van der Waals surface area contributed by atoms with Crippen LogP contribution in [0.1, 0.15) is 267 Å². The molecule has 2 aromatic heterocycles. The number of esters is 5. The van der Waals surface area contributed by atoms with Crippen LogP contribution in [0.15, 0.2) is 146 Å². The predicted octanol–water partition coefficient (Wildman–Crippen LogP) is 22.0. The Kier molecular flexibility index (Phi) is 37.7. The second-order valence-electron chi connectivity index (χ2n) is 28.0. The summed E-state index contributed by atoms with van der Waals surface area (Å²) in [7, 11) is 0. The molecule has 0 aliphatic rings. The van der Waals surface area contributed by atoms with E-state index >= 15 is 0 Å². The zero-order chi connectivity index (χ0) is 79.7. The van der Waals surface area contributed by atoms with Crippen molar-refractivity contribution in [3.05, 3.63) is 179 Å². The minimum Gasteiger partial charge on any atom is -0.462 e. The van der Waals surface area contributed by atoms with Crippen molar-refractivity contribution in [1.82, 2.24) is 29.9 Å². The highest BCUT2D eigenvalue weighted by molar-refractivity contribution is 5.95. The molecule has 0 saturated heterocycles. The number of carbonyl (C=O) groups is 6. The van der Waals surface area contributed by atoms with E-state index in [2.05, 4.69) is 124 Å². The van der Waals surface area contributed by atoms with Crippen molar-refractivity contribution >= 4 is 105 Å². The van der Waals surface area contributed by atoms with Gasteiger partial charge in [0.25, 0.3) is 0 Å². The van der Waals surface area contributed by atoms with Gasteiger partial charge in [0.1, 0.15) is 6.10 Å². The molecule has 0 spiro atoms. The average Bonchev–Trinajstić information content (AvgIpc) is 0.830. The number of hydrogen-bond donors (Lipinski definition) is 6. The molecule has 111 heavy (non-hydrogen) atoms. The number of rotatable bonds is 47. The van der Waals surface area contributed by atoms with Gasteiger partial charge in [-0.1, -0.05) is 159 Å². The molecule has 0 saturated carbocycles. The van der Waals surface area contributed by atoms with E-state index in [9.17, 15) is 28.8 Å². The molecule has 8 aromatic rings. The lowest BCUT2D eigenvalue weighted by molar-refractivity contribution is 0.0266. The third kappa shape index (κ3) is 30.5. The molecule has 0 bridgehead atoms. The van der Waals surface area contributed by atoms with Crippen LogP contribution in [0.3, 0.4) is 0 Å². The average molecular weight is 1520 g/mol. The molecule has 5 unspecified atom stereocenters. The molecular formula is C88H116N12O11. The van der Waals surface area contributed by atoms with Gasteiger partial charge in [0, 0.05) is 39.7 Å². The first-order chi connectivity index (χ1) is 53.9. The van der Waals surface area contributed by atoms with Gasteiger partial charge in [-0.15, -0.1) is 0 Å². The molecular weight excluding hydrogens is 1400 g/mol. The summed E-state index contributed by atoms with van der Waals surface area (Å²) in [5.41, 5.74) is 6.80. The Balaban J connectivity index is 0.000000312. The topological polar surface area (TPSA) is 298 Å². The van der Waals surface area contributed by atoms with E-state index in [1.807, 2.05) is 6.92 Å². The maximum absolute atomic E-state index is 12.8. The van der Waals surface area contributed by atoms with Crippen molar-refractivity contribution in [2.24, 2.45) is 23.7 Å². The van der Waals surface area contributed by atoms with Gasteiger partial charge in [0.05, 0.1) is 54.2 Å². The summed E-state index contributed by atoms with van der Waals surface area (Å²) in [4.78, 5) is 103.